The Morgan fingerprint density at radius 2 is 2.38 bits per heavy atom. The molecule has 6 nitrogen and oxygen atoms in total. The van der Waals surface area contributed by atoms with Gasteiger partial charge >= 0.3 is 0 Å². The number of carbonyl (C=O) groups excluding carboxylic acids is 1. The molecule has 1 heterocycles. The van der Waals surface area contributed by atoms with Crippen LogP contribution in [0.15, 0.2) is 15.5 Å². The largest absolute Gasteiger partial charge is 0.294 e. The number of hydrogen-bond donors (Lipinski definition) is 1. The molecule has 0 aromatic heterocycles. The van der Waals surface area contributed by atoms with Gasteiger partial charge in [-0.05, 0) is 10.4 Å². The van der Waals surface area contributed by atoms with Crippen molar-refractivity contribution in [2.45, 2.75) is 0 Å². The average molecular weight is 112 g/mol. The predicted molar refractivity (Wildman–Crippen MR) is 23.6 cm³/mol. The van der Waals surface area contributed by atoms with Crippen LogP contribution >= 0.6 is 0 Å². The van der Waals surface area contributed by atoms with E-state index in [1.165, 1.54) is 0 Å². The van der Waals surface area contributed by atoms with E-state index >= 15 is 0 Å². The van der Waals surface area contributed by atoms with Gasteiger partial charge in [-0.2, -0.15) is 0 Å². The molecule has 0 spiro atoms. The molecule has 1 aliphatic heterocycles. The molecule has 6 heteroatoms. The SMILES string of the molecule is O=CNC1=NN=N[N]1. The van der Waals surface area contributed by atoms with Crippen molar-refractivity contribution in [2.75, 3.05) is 0 Å². The van der Waals surface area contributed by atoms with Crippen molar-refractivity contribution in [2.24, 2.45) is 15.5 Å². The summed E-state index contributed by atoms with van der Waals surface area (Å²) in [5, 5.41) is 11.7. The molecule has 8 heavy (non-hydrogen) atoms. The number of amides is 1. The molecule has 41 valence electrons. The molecule has 1 N–H and O–H groups in total. The first-order chi connectivity index (χ1) is 3.93. The Kier molecular flexibility index (Phi) is 1.18. The van der Waals surface area contributed by atoms with E-state index in [0.717, 1.165) is 0 Å². The van der Waals surface area contributed by atoms with E-state index in [0.29, 0.717) is 6.41 Å². The average Bonchev–Trinajstić information content (AvgIpc) is 2.19. The molecule has 0 aliphatic carbocycles. The van der Waals surface area contributed by atoms with Crippen molar-refractivity contribution in [3.05, 3.63) is 0 Å². The summed E-state index contributed by atoms with van der Waals surface area (Å²) in [7, 11) is 0. The van der Waals surface area contributed by atoms with E-state index in [1.54, 1.807) is 0 Å². The second-order valence-corrected chi connectivity index (χ2v) is 0.965. The van der Waals surface area contributed by atoms with Gasteiger partial charge in [0.15, 0.2) is 0 Å². The molecule has 0 atom stereocenters. The fourth-order valence-corrected chi connectivity index (χ4v) is 0.255. The maximum atomic E-state index is 9.63. The monoisotopic (exact) mass is 112 g/mol. The summed E-state index contributed by atoms with van der Waals surface area (Å²) in [6, 6.07) is 0. The molecular formula is C2H2N5O. The van der Waals surface area contributed by atoms with Gasteiger partial charge in [0, 0.05) is 0 Å². The van der Waals surface area contributed by atoms with Crippen molar-refractivity contribution < 1.29 is 4.79 Å². The highest BCUT2D eigenvalue weighted by Crippen LogP contribution is 1.84. The summed E-state index contributed by atoms with van der Waals surface area (Å²) in [5.41, 5.74) is 3.29. The quantitative estimate of drug-likeness (QED) is 0.433. The standard InChI is InChI=1S/C2H2N5O/c8-1-3-2-4-6-7-5-2/h1H,(H,3,4,7,8). The molecule has 1 amide bonds. The van der Waals surface area contributed by atoms with Crippen LogP contribution in [0.2, 0.25) is 0 Å². The molecule has 0 unspecified atom stereocenters. The Hall–Kier alpha value is -1.46. The van der Waals surface area contributed by atoms with Gasteiger partial charge in [0.1, 0.15) is 0 Å². The zero-order valence-electron chi connectivity index (χ0n) is 3.77. The number of hydrogen-bond acceptors (Lipinski definition) is 4. The lowest BCUT2D eigenvalue weighted by atomic mass is 11.0. The van der Waals surface area contributed by atoms with Crippen molar-refractivity contribution in [1.82, 2.24) is 10.7 Å². The Morgan fingerprint density at radius 3 is 2.88 bits per heavy atom. The number of carbonyl (C=O) groups is 1. The minimum absolute atomic E-state index is 0.125. The van der Waals surface area contributed by atoms with Crippen LogP contribution in [-0.4, -0.2) is 12.4 Å². The van der Waals surface area contributed by atoms with E-state index in [4.69, 9.17) is 0 Å². The number of guanidine groups is 1. The van der Waals surface area contributed by atoms with E-state index in [1.807, 2.05) is 0 Å². The van der Waals surface area contributed by atoms with E-state index in [2.05, 4.69) is 26.3 Å². The lowest BCUT2D eigenvalue weighted by Gasteiger charge is -1.85. The van der Waals surface area contributed by atoms with Crippen LogP contribution in [0, 0.1) is 0 Å². The van der Waals surface area contributed by atoms with E-state index in [9.17, 15) is 4.79 Å². The minimum Gasteiger partial charge on any atom is -0.294 e. The maximum absolute atomic E-state index is 9.63. The molecule has 0 bridgehead atoms. The molecule has 0 saturated heterocycles. The van der Waals surface area contributed by atoms with Gasteiger partial charge in [-0.1, -0.05) is 10.5 Å². The van der Waals surface area contributed by atoms with Crippen molar-refractivity contribution in [1.29, 1.82) is 0 Å². The predicted octanol–water partition coefficient (Wildman–Crippen LogP) is -1.01. The molecule has 0 fully saturated rings. The van der Waals surface area contributed by atoms with Crippen LogP contribution in [0.1, 0.15) is 0 Å². The van der Waals surface area contributed by atoms with Crippen molar-refractivity contribution >= 4 is 12.4 Å². The smallest absolute Gasteiger partial charge is 0.272 e. The minimum atomic E-state index is 0.125. The third-order valence-corrected chi connectivity index (χ3v) is 0.507. The summed E-state index contributed by atoms with van der Waals surface area (Å²) >= 11 is 0. The zero-order chi connectivity index (χ0) is 5.82. The fourth-order valence-electron chi connectivity index (χ4n) is 0.255. The Morgan fingerprint density at radius 1 is 1.50 bits per heavy atom. The first kappa shape index (κ1) is 4.69. The highest BCUT2D eigenvalue weighted by atomic mass is 16.1. The van der Waals surface area contributed by atoms with Crippen LogP contribution < -0.4 is 10.7 Å². The topological polar surface area (TPSA) is 80.3 Å². The van der Waals surface area contributed by atoms with Gasteiger partial charge in [-0.25, -0.2) is 0 Å². The summed E-state index contributed by atoms with van der Waals surface area (Å²) in [6.07, 6.45) is 0.457. The second kappa shape index (κ2) is 2.01. The third kappa shape index (κ3) is 0.780. The summed E-state index contributed by atoms with van der Waals surface area (Å²) in [5.74, 6) is 0.125. The Bertz CT molecular complexity index is 149. The Labute approximate surface area is 44.6 Å². The number of nitrogens with one attached hydrogen (secondary N) is 1. The zero-order valence-corrected chi connectivity index (χ0v) is 3.77. The van der Waals surface area contributed by atoms with Gasteiger partial charge in [-0.15, -0.1) is 0 Å². The van der Waals surface area contributed by atoms with Gasteiger partial charge < -0.3 is 0 Å². The summed E-state index contributed by atoms with van der Waals surface area (Å²) in [6.45, 7) is 0. The Balaban J connectivity index is 2.39. The molecule has 0 aromatic rings. The van der Waals surface area contributed by atoms with Gasteiger partial charge in [0.05, 0.1) is 0 Å². The third-order valence-electron chi connectivity index (χ3n) is 0.507. The molecule has 0 aromatic carbocycles. The summed E-state index contributed by atoms with van der Waals surface area (Å²) < 4.78 is 0. The van der Waals surface area contributed by atoms with Gasteiger partial charge in [0.25, 0.3) is 5.96 Å². The molecule has 1 aliphatic rings. The van der Waals surface area contributed by atoms with E-state index < -0.39 is 0 Å². The van der Waals surface area contributed by atoms with Crippen molar-refractivity contribution in [3.63, 3.8) is 0 Å². The van der Waals surface area contributed by atoms with Crippen LogP contribution in [0.5, 0.6) is 0 Å². The maximum Gasteiger partial charge on any atom is 0.272 e. The van der Waals surface area contributed by atoms with Crippen LogP contribution in [0.25, 0.3) is 0 Å². The normalized spacial score (nSPS) is 14.8. The van der Waals surface area contributed by atoms with Crippen LogP contribution in [-0.2, 0) is 4.79 Å². The fraction of sp³-hybridized carbons (Fsp3) is 0. The highest BCUT2D eigenvalue weighted by molar-refractivity contribution is 5.88. The lowest BCUT2D eigenvalue weighted by molar-refractivity contribution is -0.108. The molecule has 1 radical (unpaired) electrons. The number of rotatable bonds is 1. The molecule has 0 saturated carbocycles. The molecular weight excluding hydrogens is 110 g/mol. The van der Waals surface area contributed by atoms with Crippen molar-refractivity contribution in [3.8, 4) is 0 Å². The lowest BCUT2D eigenvalue weighted by Crippen LogP contribution is -2.25. The van der Waals surface area contributed by atoms with Gasteiger partial charge in [0.2, 0.25) is 6.41 Å². The highest BCUT2D eigenvalue weighted by Gasteiger charge is 2.00. The first-order valence-electron chi connectivity index (χ1n) is 1.82. The first-order valence-corrected chi connectivity index (χ1v) is 1.82. The van der Waals surface area contributed by atoms with Crippen LogP contribution in [0.3, 0.4) is 0 Å². The number of nitrogens with zero attached hydrogens (tertiary/aromatic N) is 4. The van der Waals surface area contributed by atoms with Gasteiger partial charge in [-0.3, -0.25) is 10.1 Å². The van der Waals surface area contributed by atoms with Crippen LogP contribution in [0.4, 0.5) is 0 Å². The summed E-state index contributed by atoms with van der Waals surface area (Å²) in [4.78, 5) is 9.63. The van der Waals surface area contributed by atoms with E-state index in [-0.39, 0.29) is 5.96 Å². The second-order valence-electron chi connectivity index (χ2n) is 0.965. The molecule has 1 rings (SSSR count).